The summed E-state index contributed by atoms with van der Waals surface area (Å²) in [5.74, 6) is 0.537. The Bertz CT molecular complexity index is 2400. The minimum Gasteiger partial charge on any atom is -0.432 e. The summed E-state index contributed by atoms with van der Waals surface area (Å²) in [6.07, 6.45) is 12.0. The summed E-state index contributed by atoms with van der Waals surface area (Å²) in [7, 11) is 0. The lowest BCUT2D eigenvalue weighted by atomic mass is 9.76. The monoisotopic (exact) mass is 1110 g/mol. The second-order valence-electron chi connectivity index (χ2n) is 22.1. The van der Waals surface area contributed by atoms with Gasteiger partial charge in [-0.2, -0.15) is 26.3 Å². The third kappa shape index (κ3) is 17.4. The average Bonchev–Trinajstić information content (AvgIpc) is 3.43. The van der Waals surface area contributed by atoms with Gasteiger partial charge >= 0.3 is 13.2 Å². The fraction of sp³-hybridized carbons (Fsp3) is 0.574. The van der Waals surface area contributed by atoms with Gasteiger partial charge in [-0.1, -0.05) is 109 Å². The SMILES string of the molecule is C=C(c1cc(F)c(OC(F)F)c(F)c1)C1OCC(C2CCC(C)CC2)CO1.C=C(c1ccc(C=C(F)F)cc1)C1OCC(C2CCC(C)CC2)CO1.C=C(c1ccc(OC(F)F)c(F)c1)C1OCC(C2CCC(C)CC2)CO1. The Morgan fingerprint density at radius 2 is 0.782 bits per heavy atom. The third-order valence-electron chi connectivity index (χ3n) is 16.5. The van der Waals surface area contributed by atoms with Crippen LogP contribution in [0.25, 0.3) is 22.8 Å². The Morgan fingerprint density at radius 1 is 0.449 bits per heavy atom. The molecule has 0 atom stereocenters. The zero-order valence-corrected chi connectivity index (χ0v) is 44.9. The Labute approximate surface area is 453 Å². The normalized spacial score (nSPS) is 29.5. The van der Waals surface area contributed by atoms with Gasteiger partial charge in [0, 0.05) is 40.5 Å². The van der Waals surface area contributed by atoms with Gasteiger partial charge in [0.1, 0.15) is 0 Å². The lowest BCUT2D eigenvalue weighted by Gasteiger charge is -2.37. The van der Waals surface area contributed by atoms with Crippen molar-refractivity contribution in [2.75, 3.05) is 39.6 Å². The molecule has 3 heterocycles. The zero-order valence-electron chi connectivity index (χ0n) is 44.9. The molecule has 3 aromatic rings. The van der Waals surface area contributed by atoms with Gasteiger partial charge < -0.3 is 37.9 Å². The molecular weight excluding hydrogens is 1030 g/mol. The first-order valence-corrected chi connectivity index (χ1v) is 27.4. The minimum absolute atomic E-state index is 0.0848. The van der Waals surface area contributed by atoms with Crippen molar-refractivity contribution in [3.05, 3.63) is 120 Å². The van der Waals surface area contributed by atoms with Gasteiger partial charge in [0.2, 0.25) is 0 Å². The van der Waals surface area contributed by atoms with Crippen LogP contribution in [-0.4, -0.2) is 71.7 Å². The summed E-state index contributed by atoms with van der Waals surface area (Å²) >= 11 is 0. The molecular formula is C61H75F9O8. The highest BCUT2D eigenvalue weighted by Crippen LogP contribution is 2.40. The fourth-order valence-electron chi connectivity index (χ4n) is 11.4. The molecule has 0 spiro atoms. The molecule has 3 aliphatic heterocycles. The summed E-state index contributed by atoms with van der Waals surface area (Å²) in [6, 6.07) is 12.4. The third-order valence-corrected chi connectivity index (χ3v) is 16.5. The van der Waals surface area contributed by atoms with Crippen LogP contribution in [0.5, 0.6) is 11.5 Å². The molecule has 17 heteroatoms. The van der Waals surface area contributed by atoms with Crippen LogP contribution >= 0.6 is 0 Å². The molecule has 3 aliphatic carbocycles. The molecule has 3 saturated carbocycles. The van der Waals surface area contributed by atoms with Crippen molar-refractivity contribution < 1.29 is 77.4 Å². The summed E-state index contributed by atoms with van der Waals surface area (Å²) in [6.45, 7) is 15.9. The number of halogens is 9. The maximum atomic E-state index is 13.9. The first-order valence-electron chi connectivity index (χ1n) is 27.4. The summed E-state index contributed by atoms with van der Waals surface area (Å²) in [5, 5.41) is 0. The van der Waals surface area contributed by atoms with E-state index >= 15 is 0 Å². The Balaban J connectivity index is 0.000000170. The van der Waals surface area contributed by atoms with E-state index in [0.29, 0.717) is 91.8 Å². The van der Waals surface area contributed by atoms with E-state index in [1.165, 1.54) is 70.3 Å². The largest absolute Gasteiger partial charge is 0.432 e. The van der Waals surface area contributed by atoms with Gasteiger partial charge in [-0.3, -0.25) is 0 Å². The zero-order chi connectivity index (χ0) is 56.0. The van der Waals surface area contributed by atoms with Crippen molar-refractivity contribution in [2.45, 2.75) is 130 Å². The molecule has 0 amide bonds. The number of hydrogen-bond acceptors (Lipinski definition) is 8. The summed E-state index contributed by atoms with van der Waals surface area (Å²) in [5.41, 5.74) is 3.31. The van der Waals surface area contributed by atoms with Crippen LogP contribution in [0.1, 0.15) is 120 Å². The van der Waals surface area contributed by atoms with E-state index in [1.807, 2.05) is 0 Å². The first kappa shape index (κ1) is 61.0. The maximum Gasteiger partial charge on any atom is 0.387 e. The molecule has 0 unspecified atom stereocenters. The van der Waals surface area contributed by atoms with Gasteiger partial charge in [-0.15, -0.1) is 0 Å². The van der Waals surface area contributed by atoms with Crippen LogP contribution in [0.4, 0.5) is 39.5 Å². The van der Waals surface area contributed by atoms with Gasteiger partial charge in [0.25, 0.3) is 6.08 Å². The smallest absolute Gasteiger partial charge is 0.387 e. The van der Waals surface area contributed by atoms with Crippen molar-refractivity contribution in [3.8, 4) is 11.5 Å². The van der Waals surface area contributed by atoms with E-state index in [2.05, 4.69) is 50.0 Å². The van der Waals surface area contributed by atoms with Crippen LogP contribution in [0, 0.1) is 70.7 Å². The topological polar surface area (TPSA) is 73.8 Å². The van der Waals surface area contributed by atoms with Crippen molar-refractivity contribution >= 4 is 22.8 Å². The average molecular weight is 1110 g/mol. The van der Waals surface area contributed by atoms with Gasteiger partial charge in [0.15, 0.2) is 47.8 Å². The van der Waals surface area contributed by atoms with Crippen molar-refractivity contribution in [1.82, 2.24) is 0 Å². The standard InChI is InChI=1S/C21H26F2O2.C20H24F4O3.C20H25F3O3/c1-14-3-7-18(8-4-14)19-12-24-21(25-13-19)15(2)17-9-5-16(6-10-17)11-20(22)23;1-11-3-5-13(6-4-11)15-9-25-19(26-10-15)12(2)14-7-16(21)18(17(22)8-14)27-20(23)24;1-12-3-5-14(6-4-12)16-10-24-19(25-11-16)13(2)15-7-8-18(17(21)9-15)26-20(22)23/h5-6,9-11,14,18-19,21H,2-4,7-8,12-13H2,1H3;7-8,11,13,15,19-20H,2-6,9-10H2,1H3;7-9,12,14,16,19-20H,2-6,10-11H2,1H3. The molecule has 0 N–H and O–H groups in total. The quantitative estimate of drug-likeness (QED) is 0.148. The number of alkyl halides is 4. The van der Waals surface area contributed by atoms with E-state index < -0.39 is 67.1 Å². The Hall–Kier alpha value is -4.65. The predicted octanol–water partition coefficient (Wildman–Crippen LogP) is 16.4. The van der Waals surface area contributed by atoms with Gasteiger partial charge in [0.05, 0.1) is 39.6 Å². The van der Waals surface area contributed by atoms with E-state index in [9.17, 15) is 39.5 Å². The highest BCUT2D eigenvalue weighted by atomic mass is 19.3. The van der Waals surface area contributed by atoms with Crippen LogP contribution in [-0.2, 0) is 28.4 Å². The lowest BCUT2D eigenvalue weighted by molar-refractivity contribution is -0.180. The molecule has 6 fully saturated rings. The number of rotatable bonds is 14. The second kappa shape index (κ2) is 29.2. The molecule has 3 saturated heterocycles. The molecule has 9 rings (SSSR count). The van der Waals surface area contributed by atoms with Crippen LogP contribution in [0.2, 0.25) is 0 Å². The predicted molar refractivity (Wildman–Crippen MR) is 281 cm³/mol. The molecule has 0 radical (unpaired) electrons. The Kier molecular flexibility index (Phi) is 22.8. The van der Waals surface area contributed by atoms with Crippen LogP contribution in [0.3, 0.4) is 0 Å². The fourth-order valence-corrected chi connectivity index (χ4v) is 11.4. The van der Waals surface area contributed by atoms with E-state index in [-0.39, 0.29) is 11.1 Å². The van der Waals surface area contributed by atoms with Crippen molar-refractivity contribution in [1.29, 1.82) is 0 Å². The molecule has 78 heavy (non-hydrogen) atoms. The van der Waals surface area contributed by atoms with Gasteiger partial charge in [-0.25, -0.2) is 13.2 Å². The van der Waals surface area contributed by atoms with E-state index in [4.69, 9.17) is 28.4 Å². The molecule has 8 nitrogen and oxygen atoms in total. The molecule has 6 aliphatic rings. The Morgan fingerprint density at radius 3 is 1.13 bits per heavy atom. The summed E-state index contributed by atoms with van der Waals surface area (Å²) < 4.78 is 158. The molecule has 0 bridgehead atoms. The van der Waals surface area contributed by atoms with E-state index in [1.54, 1.807) is 24.3 Å². The minimum atomic E-state index is -3.31. The summed E-state index contributed by atoms with van der Waals surface area (Å²) in [4.78, 5) is 0. The van der Waals surface area contributed by atoms with Crippen LogP contribution < -0.4 is 9.47 Å². The van der Waals surface area contributed by atoms with E-state index in [0.717, 1.165) is 72.1 Å². The maximum absolute atomic E-state index is 13.9. The van der Waals surface area contributed by atoms with Gasteiger partial charge in [-0.05, 0) is 121 Å². The van der Waals surface area contributed by atoms with Crippen molar-refractivity contribution in [3.63, 3.8) is 0 Å². The number of ether oxygens (including phenoxy) is 8. The highest BCUT2D eigenvalue weighted by molar-refractivity contribution is 5.68. The molecule has 0 aromatic heterocycles. The second-order valence-corrected chi connectivity index (χ2v) is 22.1. The lowest BCUT2D eigenvalue weighted by Crippen LogP contribution is -2.37. The van der Waals surface area contributed by atoms with Crippen molar-refractivity contribution in [2.24, 2.45) is 53.3 Å². The molecule has 3 aromatic carbocycles. The first-order chi connectivity index (χ1) is 37.3. The number of hydrogen-bond donors (Lipinski definition) is 0. The van der Waals surface area contributed by atoms with Crippen LogP contribution in [0.15, 0.2) is 80.4 Å². The highest BCUT2D eigenvalue weighted by Gasteiger charge is 2.36. The number of benzene rings is 3. The molecule has 430 valence electrons.